The van der Waals surface area contributed by atoms with Crippen molar-refractivity contribution in [2.45, 2.75) is 38.6 Å². The van der Waals surface area contributed by atoms with Gasteiger partial charge in [-0.25, -0.2) is 0 Å². The van der Waals surface area contributed by atoms with Crippen LogP contribution in [0.1, 0.15) is 37.7 Å². The molecule has 0 radical (unpaired) electrons. The Morgan fingerprint density at radius 2 is 2.00 bits per heavy atom. The minimum atomic E-state index is 0. The van der Waals surface area contributed by atoms with E-state index in [4.69, 9.17) is 0 Å². The van der Waals surface area contributed by atoms with E-state index in [1.165, 1.54) is 19.3 Å². The van der Waals surface area contributed by atoms with Crippen LogP contribution in [0.4, 0.5) is 5.69 Å². The third-order valence-corrected chi connectivity index (χ3v) is 4.09. The summed E-state index contributed by atoms with van der Waals surface area (Å²) in [6, 6.07) is 7.95. The number of nitrogens with zero attached hydrogens (tertiary/aromatic N) is 1. The van der Waals surface area contributed by atoms with Crippen molar-refractivity contribution in [2.24, 2.45) is 10.9 Å². The molecule has 3 N–H and O–H groups in total. The molecule has 0 heterocycles. The highest BCUT2D eigenvalue weighted by Gasteiger charge is 2.20. The van der Waals surface area contributed by atoms with Crippen LogP contribution in [0.15, 0.2) is 29.3 Å². The standard InChI is InChI=1S/C17H26N4O.BrH/c1-18-17(19-2)20-12-13-7-6-10-15(11-13)21-16(22)14-8-4-3-5-9-14;/h6-7,10-11,14H,3-5,8-9,12H2,1-2H3,(H,21,22)(H2,18,19,20);1H. The van der Waals surface area contributed by atoms with Crippen molar-refractivity contribution in [2.75, 3.05) is 19.4 Å². The van der Waals surface area contributed by atoms with Gasteiger partial charge in [0.2, 0.25) is 5.91 Å². The summed E-state index contributed by atoms with van der Waals surface area (Å²) < 4.78 is 0. The highest BCUT2D eigenvalue weighted by atomic mass is 79.9. The molecule has 128 valence electrons. The number of carbonyl (C=O) groups is 1. The molecular weight excluding hydrogens is 356 g/mol. The molecule has 1 amide bonds. The van der Waals surface area contributed by atoms with Crippen LogP contribution < -0.4 is 16.0 Å². The minimum absolute atomic E-state index is 0. The molecule has 0 saturated heterocycles. The fraction of sp³-hybridized carbons (Fsp3) is 0.529. The average Bonchev–Trinajstić information content (AvgIpc) is 2.57. The van der Waals surface area contributed by atoms with E-state index in [0.717, 1.165) is 30.1 Å². The van der Waals surface area contributed by atoms with Crippen molar-refractivity contribution in [3.8, 4) is 0 Å². The Morgan fingerprint density at radius 3 is 2.65 bits per heavy atom. The third-order valence-electron chi connectivity index (χ3n) is 4.09. The normalized spacial score (nSPS) is 15.5. The number of carbonyl (C=O) groups excluding carboxylic acids is 1. The first-order valence-electron chi connectivity index (χ1n) is 8.01. The van der Waals surface area contributed by atoms with E-state index in [9.17, 15) is 4.79 Å². The van der Waals surface area contributed by atoms with Crippen molar-refractivity contribution < 1.29 is 4.79 Å². The number of benzene rings is 1. The number of amides is 1. The summed E-state index contributed by atoms with van der Waals surface area (Å²) in [4.78, 5) is 16.4. The number of rotatable bonds is 4. The minimum Gasteiger partial charge on any atom is -0.359 e. The van der Waals surface area contributed by atoms with Crippen LogP contribution in [0.25, 0.3) is 0 Å². The molecule has 0 bridgehead atoms. The molecule has 6 heteroatoms. The zero-order valence-corrected chi connectivity index (χ0v) is 15.6. The zero-order chi connectivity index (χ0) is 15.8. The van der Waals surface area contributed by atoms with Gasteiger partial charge in [-0.2, -0.15) is 0 Å². The molecule has 1 aromatic rings. The van der Waals surface area contributed by atoms with E-state index in [1.807, 2.05) is 31.3 Å². The summed E-state index contributed by atoms with van der Waals surface area (Å²) in [5.41, 5.74) is 1.98. The van der Waals surface area contributed by atoms with Crippen LogP contribution in [-0.4, -0.2) is 26.0 Å². The number of guanidine groups is 1. The number of aliphatic imine (C=N–C) groups is 1. The Balaban J connectivity index is 0.00000264. The number of anilines is 1. The van der Waals surface area contributed by atoms with Crippen LogP contribution in [0.2, 0.25) is 0 Å². The Bertz CT molecular complexity index is 527. The van der Waals surface area contributed by atoms with E-state index in [-0.39, 0.29) is 28.8 Å². The van der Waals surface area contributed by atoms with Gasteiger partial charge in [0.05, 0.1) is 0 Å². The van der Waals surface area contributed by atoms with Crippen LogP contribution in [0, 0.1) is 5.92 Å². The summed E-state index contributed by atoms with van der Waals surface area (Å²) in [6.45, 7) is 0.667. The van der Waals surface area contributed by atoms with Gasteiger partial charge in [0, 0.05) is 32.2 Å². The molecule has 1 aromatic carbocycles. The van der Waals surface area contributed by atoms with E-state index < -0.39 is 0 Å². The van der Waals surface area contributed by atoms with Crippen molar-refractivity contribution in [3.05, 3.63) is 29.8 Å². The lowest BCUT2D eigenvalue weighted by atomic mass is 9.88. The second-order valence-electron chi connectivity index (χ2n) is 5.70. The Labute approximate surface area is 149 Å². The molecule has 1 aliphatic rings. The van der Waals surface area contributed by atoms with Gasteiger partial charge in [0.15, 0.2) is 5.96 Å². The topological polar surface area (TPSA) is 65.5 Å². The van der Waals surface area contributed by atoms with Gasteiger partial charge in [-0.3, -0.25) is 9.79 Å². The molecule has 0 unspecified atom stereocenters. The van der Waals surface area contributed by atoms with Crippen LogP contribution in [0.5, 0.6) is 0 Å². The van der Waals surface area contributed by atoms with E-state index in [1.54, 1.807) is 7.05 Å². The third kappa shape index (κ3) is 6.22. The number of nitrogens with one attached hydrogen (secondary N) is 3. The fourth-order valence-corrected chi connectivity index (χ4v) is 2.83. The lowest BCUT2D eigenvalue weighted by molar-refractivity contribution is -0.120. The summed E-state index contributed by atoms with van der Waals surface area (Å²) in [5, 5.41) is 9.24. The van der Waals surface area contributed by atoms with Gasteiger partial charge >= 0.3 is 0 Å². The van der Waals surface area contributed by atoms with Gasteiger partial charge in [-0.15, -0.1) is 17.0 Å². The smallest absolute Gasteiger partial charge is 0.227 e. The molecule has 23 heavy (non-hydrogen) atoms. The predicted molar refractivity (Wildman–Crippen MR) is 101 cm³/mol. The lowest BCUT2D eigenvalue weighted by Crippen LogP contribution is -2.34. The van der Waals surface area contributed by atoms with Crippen molar-refractivity contribution in [1.82, 2.24) is 10.6 Å². The largest absolute Gasteiger partial charge is 0.359 e. The quantitative estimate of drug-likeness (QED) is 0.553. The maximum atomic E-state index is 12.3. The molecule has 0 aliphatic heterocycles. The molecule has 0 aromatic heterocycles. The first-order valence-corrected chi connectivity index (χ1v) is 8.01. The molecule has 2 rings (SSSR count). The van der Waals surface area contributed by atoms with Crippen LogP contribution in [0.3, 0.4) is 0 Å². The fourth-order valence-electron chi connectivity index (χ4n) is 2.83. The molecular formula is C17H27BrN4O. The zero-order valence-electron chi connectivity index (χ0n) is 13.9. The average molecular weight is 383 g/mol. The molecule has 5 nitrogen and oxygen atoms in total. The Kier molecular flexibility index (Phi) is 8.69. The maximum Gasteiger partial charge on any atom is 0.227 e. The Morgan fingerprint density at radius 1 is 1.26 bits per heavy atom. The summed E-state index contributed by atoms with van der Waals surface area (Å²) >= 11 is 0. The summed E-state index contributed by atoms with van der Waals surface area (Å²) in [6.07, 6.45) is 5.64. The van der Waals surface area contributed by atoms with E-state index >= 15 is 0 Å². The second kappa shape index (κ2) is 10.3. The molecule has 0 atom stereocenters. The van der Waals surface area contributed by atoms with Gasteiger partial charge in [0.25, 0.3) is 0 Å². The van der Waals surface area contributed by atoms with Crippen molar-refractivity contribution in [3.63, 3.8) is 0 Å². The van der Waals surface area contributed by atoms with E-state index in [0.29, 0.717) is 6.54 Å². The first kappa shape index (κ1) is 19.5. The predicted octanol–water partition coefficient (Wildman–Crippen LogP) is 3.08. The van der Waals surface area contributed by atoms with Gasteiger partial charge in [-0.1, -0.05) is 31.4 Å². The maximum absolute atomic E-state index is 12.3. The highest BCUT2D eigenvalue weighted by Crippen LogP contribution is 2.25. The van der Waals surface area contributed by atoms with Crippen molar-refractivity contribution in [1.29, 1.82) is 0 Å². The molecule has 1 saturated carbocycles. The van der Waals surface area contributed by atoms with Crippen molar-refractivity contribution >= 4 is 34.5 Å². The summed E-state index contributed by atoms with van der Waals surface area (Å²) in [7, 11) is 3.57. The number of halogens is 1. The lowest BCUT2D eigenvalue weighted by Gasteiger charge is -2.21. The number of hydrogen-bond acceptors (Lipinski definition) is 2. The SMILES string of the molecule is Br.CN=C(NC)NCc1cccc(NC(=O)C2CCCCC2)c1. The first-order chi connectivity index (χ1) is 10.7. The van der Waals surface area contributed by atoms with Crippen LogP contribution >= 0.6 is 17.0 Å². The van der Waals surface area contributed by atoms with E-state index in [2.05, 4.69) is 20.9 Å². The molecule has 0 spiro atoms. The molecule has 1 aliphatic carbocycles. The van der Waals surface area contributed by atoms with Gasteiger partial charge < -0.3 is 16.0 Å². The van der Waals surface area contributed by atoms with Crippen LogP contribution in [-0.2, 0) is 11.3 Å². The summed E-state index contributed by atoms with van der Waals surface area (Å²) in [5.74, 6) is 1.09. The monoisotopic (exact) mass is 382 g/mol. The number of hydrogen-bond donors (Lipinski definition) is 3. The Hall–Kier alpha value is -1.56. The van der Waals surface area contributed by atoms with Gasteiger partial charge in [-0.05, 0) is 30.5 Å². The molecule has 1 fully saturated rings. The second-order valence-corrected chi connectivity index (χ2v) is 5.70. The van der Waals surface area contributed by atoms with Gasteiger partial charge in [0.1, 0.15) is 0 Å². The highest BCUT2D eigenvalue weighted by molar-refractivity contribution is 8.93.